The van der Waals surface area contributed by atoms with E-state index in [-0.39, 0.29) is 0 Å². The minimum absolute atomic E-state index is 0.998. The number of nitrogens with one attached hydrogen (secondary N) is 1. The molecular weight excluding hydrogens is 330 g/mol. The van der Waals surface area contributed by atoms with Gasteiger partial charge in [0.15, 0.2) is 0 Å². The fourth-order valence-corrected chi connectivity index (χ4v) is 3.23. The van der Waals surface area contributed by atoms with Crippen molar-refractivity contribution in [3.8, 4) is 0 Å². The number of anilines is 2. The van der Waals surface area contributed by atoms with Crippen molar-refractivity contribution in [3.05, 3.63) is 65.7 Å². The average molecular weight is 361 g/mol. The molecule has 0 bridgehead atoms. The van der Waals surface area contributed by atoms with Gasteiger partial charge in [-0.3, -0.25) is 5.32 Å². The van der Waals surface area contributed by atoms with E-state index in [1.807, 2.05) is 0 Å². The maximum atomic E-state index is 3.59. The number of fused-ring (bicyclic) bond motifs is 1. The molecule has 1 heterocycles. The number of aryl methyl sites for hydroxylation is 1. The Hall–Kier alpha value is -2.81. The first-order valence-electron chi connectivity index (χ1n) is 9.71. The van der Waals surface area contributed by atoms with Crippen molar-refractivity contribution in [2.45, 2.75) is 19.8 Å². The fourth-order valence-electron chi connectivity index (χ4n) is 3.23. The Kier molecular flexibility index (Phi) is 6.12. The molecule has 0 amide bonds. The number of pyridine rings is 1. The molecule has 3 heteroatoms. The molecule has 0 unspecified atom stereocenters. The van der Waals surface area contributed by atoms with Gasteiger partial charge < -0.3 is 4.90 Å². The van der Waals surface area contributed by atoms with E-state index in [0.717, 1.165) is 12.4 Å². The second-order valence-corrected chi connectivity index (χ2v) is 7.16. The Morgan fingerprint density at radius 2 is 1.74 bits per heavy atom. The molecule has 3 rings (SSSR count). The summed E-state index contributed by atoms with van der Waals surface area (Å²) in [6.45, 7) is 3.22. The zero-order valence-electron chi connectivity index (χ0n) is 16.9. The van der Waals surface area contributed by atoms with Crippen molar-refractivity contribution in [3.63, 3.8) is 0 Å². The van der Waals surface area contributed by atoms with Crippen LogP contribution < -0.4 is 14.8 Å². The standard InChI is InChI=1S/C24H29N3/c1-5-6-17-25-24-18-20(22-9-7-8-10-23(22)27(24)4)14-11-19-12-15-21(16-13-19)26(2)3/h7-16,18H,5-6,17H2,1-4H3/p+1/b14-11+. The van der Waals surface area contributed by atoms with Crippen molar-refractivity contribution in [1.82, 2.24) is 0 Å². The summed E-state index contributed by atoms with van der Waals surface area (Å²) in [7, 11) is 6.26. The summed E-state index contributed by atoms with van der Waals surface area (Å²) in [6.07, 6.45) is 6.78. The van der Waals surface area contributed by atoms with Crippen molar-refractivity contribution < 1.29 is 4.57 Å². The molecule has 1 aromatic heterocycles. The minimum Gasteiger partial charge on any atom is -0.378 e. The summed E-state index contributed by atoms with van der Waals surface area (Å²) in [5.41, 5.74) is 4.89. The first-order chi connectivity index (χ1) is 13.1. The van der Waals surface area contributed by atoms with E-state index in [9.17, 15) is 0 Å². The van der Waals surface area contributed by atoms with E-state index in [1.54, 1.807) is 0 Å². The van der Waals surface area contributed by atoms with Gasteiger partial charge >= 0.3 is 0 Å². The fraction of sp³-hybridized carbons (Fsp3) is 0.292. The highest BCUT2D eigenvalue weighted by Gasteiger charge is 2.12. The molecule has 0 fully saturated rings. The lowest BCUT2D eigenvalue weighted by Crippen LogP contribution is -2.34. The number of para-hydroxylation sites is 1. The van der Waals surface area contributed by atoms with Crippen LogP contribution in [0.25, 0.3) is 23.1 Å². The molecule has 0 atom stereocenters. The number of hydrogen-bond acceptors (Lipinski definition) is 2. The lowest BCUT2D eigenvalue weighted by Gasteiger charge is -2.12. The molecule has 140 valence electrons. The van der Waals surface area contributed by atoms with Gasteiger partial charge in [0.2, 0.25) is 0 Å². The first-order valence-corrected chi connectivity index (χ1v) is 9.71. The highest BCUT2D eigenvalue weighted by molar-refractivity contribution is 5.90. The van der Waals surface area contributed by atoms with Crippen molar-refractivity contribution in [2.75, 3.05) is 30.9 Å². The molecule has 0 saturated heterocycles. The van der Waals surface area contributed by atoms with E-state index in [0.29, 0.717) is 0 Å². The second-order valence-electron chi connectivity index (χ2n) is 7.16. The van der Waals surface area contributed by atoms with Gasteiger partial charge in [-0.1, -0.05) is 55.8 Å². The lowest BCUT2D eigenvalue weighted by atomic mass is 10.1. The Morgan fingerprint density at radius 3 is 2.44 bits per heavy atom. The summed E-state index contributed by atoms with van der Waals surface area (Å²) in [4.78, 5) is 2.12. The van der Waals surface area contributed by atoms with Crippen LogP contribution in [0.2, 0.25) is 0 Å². The Bertz CT molecular complexity index is 924. The van der Waals surface area contributed by atoms with Gasteiger partial charge in [-0.05, 0) is 35.7 Å². The molecule has 0 radical (unpaired) electrons. The molecule has 0 aliphatic rings. The second kappa shape index (κ2) is 8.72. The van der Waals surface area contributed by atoms with Gasteiger partial charge in [-0.15, -0.1) is 0 Å². The normalized spacial score (nSPS) is 11.3. The third-order valence-corrected chi connectivity index (χ3v) is 4.93. The van der Waals surface area contributed by atoms with Crippen molar-refractivity contribution in [1.29, 1.82) is 0 Å². The maximum Gasteiger partial charge on any atom is 0.275 e. The van der Waals surface area contributed by atoms with Crippen LogP contribution in [0.3, 0.4) is 0 Å². The maximum absolute atomic E-state index is 3.59. The topological polar surface area (TPSA) is 19.1 Å². The summed E-state index contributed by atoms with van der Waals surface area (Å²) >= 11 is 0. The van der Waals surface area contributed by atoms with Crippen molar-refractivity contribution >= 4 is 34.6 Å². The molecule has 0 spiro atoms. The number of hydrogen-bond donors (Lipinski definition) is 1. The van der Waals surface area contributed by atoms with Crippen LogP contribution in [0.5, 0.6) is 0 Å². The predicted octanol–water partition coefficient (Wildman–Crippen LogP) is 5.11. The lowest BCUT2D eigenvalue weighted by molar-refractivity contribution is -0.630. The SMILES string of the molecule is CCCCNc1cc(/C=C/c2ccc(N(C)C)cc2)c2ccccc2[n+]1C. The summed E-state index contributed by atoms with van der Waals surface area (Å²) in [5, 5.41) is 4.85. The molecule has 27 heavy (non-hydrogen) atoms. The van der Waals surface area contributed by atoms with Crippen LogP contribution in [0.15, 0.2) is 54.6 Å². The van der Waals surface area contributed by atoms with Gasteiger partial charge in [0, 0.05) is 31.2 Å². The zero-order valence-corrected chi connectivity index (χ0v) is 16.9. The molecule has 1 N–H and O–H groups in total. The van der Waals surface area contributed by atoms with Gasteiger partial charge in [-0.2, -0.15) is 0 Å². The summed E-state index contributed by atoms with van der Waals surface area (Å²) in [5.74, 6) is 1.16. The van der Waals surface area contributed by atoms with Crippen LogP contribution in [0, 0.1) is 0 Å². The zero-order chi connectivity index (χ0) is 19.2. The Morgan fingerprint density at radius 1 is 1.00 bits per heavy atom. The molecule has 0 saturated carbocycles. The van der Waals surface area contributed by atoms with Crippen LogP contribution >= 0.6 is 0 Å². The van der Waals surface area contributed by atoms with E-state index < -0.39 is 0 Å². The highest BCUT2D eigenvalue weighted by Crippen LogP contribution is 2.22. The molecule has 2 aromatic carbocycles. The van der Waals surface area contributed by atoms with E-state index in [4.69, 9.17) is 0 Å². The molecule has 3 nitrogen and oxygen atoms in total. The van der Waals surface area contributed by atoms with Crippen LogP contribution in [-0.2, 0) is 7.05 Å². The summed E-state index contributed by atoms with van der Waals surface area (Å²) in [6, 6.07) is 19.5. The minimum atomic E-state index is 0.998. The number of nitrogens with zero attached hydrogens (tertiary/aromatic N) is 2. The number of aromatic nitrogens is 1. The first kappa shape index (κ1) is 19.0. The van der Waals surface area contributed by atoms with Crippen LogP contribution in [0.1, 0.15) is 30.9 Å². The number of unbranched alkanes of at least 4 members (excludes halogenated alkanes) is 1. The van der Waals surface area contributed by atoms with Gasteiger partial charge in [0.1, 0.15) is 5.52 Å². The number of benzene rings is 2. The third kappa shape index (κ3) is 4.48. The van der Waals surface area contributed by atoms with Crippen LogP contribution in [-0.4, -0.2) is 20.6 Å². The van der Waals surface area contributed by atoms with Gasteiger partial charge in [0.05, 0.1) is 13.6 Å². The predicted molar refractivity (Wildman–Crippen MR) is 118 cm³/mol. The third-order valence-electron chi connectivity index (χ3n) is 4.93. The number of rotatable bonds is 7. The monoisotopic (exact) mass is 360 g/mol. The van der Waals surface area contributed by atoms with Crippen LogP contribution in [0.4, 0.5) is 11.5 Å². The van der Waals surface area contributed by atoms with Gasteiger partial charge in [-0.25, -0.2) is 4.57 Å². The largest absolute Gasteiger partial charge is 0.378 e. The van der Waals surface area contributed by atoms with Gasteiger partial charge in [0.25, 0.3) is 5.82 Å². The molecule has 0 aliphatic heterocycles. The Labute approximate surface area is 163 Å². The average Bonchev–Trinajstić information content (AvgIpc) is 2.69. The van der Waals surface area contributed by atoms with E-state index in [2.05, 4.69) is 110 Å². The molecule has 3 aromatic rings. The van der Waals surface area contributed by atoms with Crippen molar-refractivity contribution in [2.24, 2.45) is 7.05 Å². The molecule has 0 aliphatic carbocycles. The molecular formula is C24H30N3+. The van der Waals surface area contributed by atoms with E-state index in [1.165, 1.54) is 40.6 Å². The highest BCUT2D eigenvalue weighted by atomic mass is 15.1. The quantitative estimate of drug-likeness (QED) is 0.466. The van der Waals surface area contributed by atoms with E-state index >= 15 is 0 Å². The smallest absolute Gasteiger partial charge is 0.275 e. The Balaban J connectivity index is 1.95. The summed E-state index contributed by atoms with van der Waals surface area (Å²) < 4.78 is 2.24.